The van der Waals surface area contributed by atoms with E-state index < -0.39 is 0 Å². The van der Waals surface area contributed by atoms with E-state index >= 15 is 0 Å². The Balaban J connectivity index is 1.25. The molecule has 7 nitrogen and oxygen atoms in total. The van der Waals surface area contributed by atoms with Crippen LogP contribution in [-0.4, -0.2) is 52.9 Å². The number of rotatable bonds is 5. The lowest BCUT2D eigenvalue weighted by atomic mass is 10.2. The van der Waals surface area contributed by atoms with Crippen LogP contribution >= 0.6 is 11.3 Å². The minimum Gasteiger partial charge on any atom is -0.322 e. The van der Waals surface area contributed by atoms with Crippen molar-refractivity contribution in [1.29, 1.82) is 0 Å². The number of piperazine rings is 1. The Morgan fingerprint density at radius 1 is 0.935 bits per heavy atom. The van der Waals surface area contributed by atoms with Gasteiger partial charge in [-0.2, -0.15) is 0 Å². The molecule has 3 aromatic rings. The van der Waals surface area contributed by atoms with E-state index in [2.05, 4.69) is 25.9 Å². The molecule has 1 aromatic heterocycles. The second-order valence-corrected chi connectivity index (χ2v) is 8.51. The first-order chi connectivity index (χ1) is 15.1. The Kier molecular flexibility index (Phi) is 6.59. The van der Waals surface area contributed by atoms with E-state index in [1.807, 2.05) is 42.2 Å². The summed E-state index contributed by atoms with van der Waals surface area (Å²) in [6, 6.07) is 16.1. The smallest absolute Gasteiger partial charge is 0.321 e. The van der Waals surface area contributed by atoms with Crippen LogP contribution in [0.15, 0.2) is 60.0 Å². The number of nitrogens with one attached hydrogen (secondary N) is 2. The lowest BCUT2D eigenvalue weighted by Gasteiger charge is -2.34. The summed E-state index contributed by atoms with van der Waals surface area (Å²) in [5, 5.41) is 8.95. The van der Waals surface area contributed by atoms with Crippen molar-refractivity contribution < 1.29 is 9.59 Å². The molecule has 1 fully saturated rings. The highest BCUT2D eigenvalue weighted by atomic mass is 32.1. The lowest BCUT2D eigenvalue weighted by Crippen LogP contribution is -2.49. The molecule has 31 heavy (non-hydrogen) atoms. The fourth-order valence-electron chi connectivity index (χ4n) is 3.45. The number of anilines is 2. The average Bonchev–Trinajstić information content (AvgIpc) is 3.20. The summed E-state index contributed by atoms with van der Waals surface area (Å²) in [6.45, 7) is 5.83. The van der Waals surface area contributed by atoms with Crippen molar-refractivity contribution in [2.24, 2.45) is 0 Å². The van der Waals surface area contributed by atoms with Crippen LogP contribution in [0.3, 0.4) is 0 Å². The van der Waals surface area contributed by atoms with Gasteiger partial charge >= 0.3 is 6.03 Å². The van der Waals surface area contributed by atoms with Gasteiger partial charge in [0.25, 0.3) is 5.91 Å². The van der Waals surface area contributed by atoms with Crippen molar-refractivity contribution in [3.8, 4) is 0 Å². The van der Waals surface area contributed by atoms with Crippen LogP contribution < -0.4 is 10.6 Å². The predicted octanol–water partition coefficient (Wildman–Crippen LogP) is 4.05. The highest BCUT2D eigenvalue weighted by Crippen LogP contribution is 2.15. The van der Waals surface area contributed by atoms with E-state index in [1.165, 1.54) is 0 Å². The number of carbonyl (C=O) groups excluding carboxylic acids is 2. The first kappa shape index (κ1) is 21.0. The summed E-state index contributed by atoms with van der Waals surface area (Å²) < 4.78 is 0. The zero-order valence-corrected chi connectivity index (χ0v) is 18.2. The summed E-state index contributed by atoms with van der Waals surface area (Å²) >= 11 is 1.67. The summed E-state index contributed by atoms with van der Waals surface area (Å²) in [5.74, 6) is -0.185. The standard InChI is InChI=1S/C23H25N5O2S/c1-17-24-21(16-31-17)15-27-11-13-28(14-12-27)23(30)26-20-9-7-18(8-10-20)22(29)25-19-5-3-2-4-6-19/h2-10,16H,11-15H2,1H3,(H,25,29)(H,26,30). The van der Waals surface area contributed by atoms with Gasteiger partial charge in [-0.3, -0.25) is 9.69 Å². The monoisotopic (exact) mass is 435 g/mol. The van der Waals surface area contributed by atoms with E-state index in [4.69, 9.17) is 0 Å². The van der Waals surface area contributed by atoms with Crippen molar-refractivity contribution in [1.82, 2.24) is 14.8 Å². The maximum Gasteiger partial charge on any atom is 0.321 e. The number of hydrogen-bond acceptors (Lipinski definition) is 5. The average molecular weight is 436 g/mol. The third-order valence-electron chi connectivity index (χ3n) is 5.14. The largest absolute Gasteiger partial charge is 0.322 e. The Morgan fingerprint density at radius 2 is 1.61 bits per heavy atom. The van der Waals surface area contributed by atoms with Crippen LogP contribution in [0.2, 0.25) is 0 Å². The van der Waals surface area contributed by atoms with Gasteiger partial charge in [-0.25, -0.2) is 9.78 Å². The van der Waals surface area contributed by atoms with Crippen molar-refractivity contribution in [3.63, 3.8) is 0 Å². The number of para-hydroxylation sites is 1. The molecule has 0 bridgehead atoms. The third kappa shape index (κ3) is 5.68. The van der Waals surface area contributed by atoms with E-state index in [-0.39, 0.29) is 11.9 Å². The summed E-state index contributed by atoms with van der Waals surface area (Å²) in [4.78, 5) is 33.6. The Morgan fingerprint density at radius 3 is 2.26 bits per heavy atom. The number of thiazole rings is 1. The predicted molar refractivity (Wildman–Crippen MR) is 124 cm³/mol. The molecular weight excluding hydrogens is 410 g/mol. The number of aromatic nitrogens is 1. The molecule has 0 spiro atoms. The van der Waals surface area contributed by atoms with Crippen molar-refractivity contribution >= 4 is 34.6 Å². The van der Waals surface area contributed by atoms with Crippen LogP contribution in [0.5, 0.6) is 0 Å². The Labute approximate surface area is 185 Å². The molecule has 160 valence electrons. The maximum atomic E-state index is 12.6. The normalized spacial score (nSPS) is 14.3. The van der Waals surface area contributed by atoms with Gasteiger partial charge in [-0.1, -0.05) is 18.2 Å². The van der Waals surface area contributed by atoms with Gasteiger partial charge in [0, 0.05) is 55.0 Å². The highest BCUT2D eigenvalue weighted by Gasteiger charge is 2.21. The third-order valence-corrected chi connectivity index (χ3v) is 5.96. The fourth-order valence-corrected chi connectivity index (χ4v) is 4.06. The van der Waals surface area contributed by atoms with Gasteiger partial charge in [-0.05, 0) is 43.3 Å². The minimum absolute atomic E-state index is 0.120. The SMILES string of the molecule is Cc1nc(CN2CCN(C(=O)Nc3ccc(C(=O)Nc4ccccc4)cc3)CC2)cs1. The number of urea groups is 1. The Bertz CT molecular complexity index is 1030. The number of aryl methyl sites for hydroxylation is 1. The molecule has 0 atom stereocenters. The zero-order valence-electron chi connectivity index (χ0n) is 17.4. The van der Waals surface area contributed by atoms with Gasteiger partial charge in [0.15, 0.2) is 0 Å². The summed E-state index contributed by atoms with van der Waals surface area (Å²) in [5.41, 5.74) is 3.04. The zero-order chi connectivity index (χ0) is 21.6. The van der Waals surface area contributed by atoms with Crippen molar-refractivity contribution in [3.05, 3.63) is 76.2 Å². The molecule has 1 saturated heterocycles. The van der Waals surface area contributed by atoms with E-state index in [0.717, 1.165) is 36.0 Å². The van der Waals surface area contributed by atoms with Crippen LogP contribution in [0, 0.1) is 6.92 Å². The molecule has 2 N–H and O–H groups in total. The molecule has 1 aliphatic heterocycles. The molecule has 3 amide bonds. The van der Waals surface area contributed by atoms with Gasteiger partial charge < -0.3 is 15.5 Å². The second-order valence-electron chi connectivity index (χ2n) is 7.45. The lowest BCUT2D eigenvalue weighted by molar-refractivity contribution is 0.102. The number of amides is 3. The summed E-state index contributed by atoms with van der Waals surface area (Å²) in [7, 11) is 0. The molecule has 4 rings (SSSR count). The van der Waals surface area contributed by atoms with E-state index in [9.17, 15) is 9.59 Å². The molecule has 2 heterocycles. The Hall–Kier alpha value is -3.23. The highest BCUT2D eigenvalue weighted by molar-refractivity contribution is 7.09. The van der Waals surface area contributed by atoms with Crippen molar-refractivity contribution in [2.75, 3.05) is 36.8 Å². The number of benzene rings is 2. The fraction of sp³-hybridized carbons (Fsp3) is 0.261. The second kappa shape index (κ2) is 9.72. The molecule has 8 heteroatoms. The molecule has 1 aliphatic rings. The topological polar surface area (TPSA) is 77.6 Å². The van der Waals surface area contributed by atoms with Crippen LogP contribution in [0.4, 0.5) is 16.2 Å². The first-order valence-corrected chi connectivity index (χ1v) is 11.1. The molecule has 0 aliphatic carbocycles. The number of hydrogen-bond donors (Lipinski definition) is 2. The van der Waals surface area contributed by atoms with E-state index in [1.54, 1.807) is 35.6 Å². The van der Waals surface area contributed by atoms with Crippen molar-refractivity contribution in [2.45, 2.75) is 13.5 Å². The molecule has 0 saturated carbocycles. The molecular formula is C23H25N5O2S. The van der Waals surface area contributed by atoms with Gasteiger partial charge in [0.2, 0.25) is 0 Å². The molecule has 0 radical (unpaired) electrons. The van der Waals surface area contributed by atoms with Crippen LogP contribution in [0.1, 0.15) is 21.1 Å². The first-order valence-electron chi connectivity index (χ1n) is 10.2. The quantitative estimate of drug-likeness (QED) is 0.634. The number of carbonyl (C=O) groups is 2. The molecule has 0 unspecified atom stereocenters. The van der Waals surface area contributed by atoms with Gasteiger partial charge in [-0.15, -0.1) is 11.3 Å². The van der Waals surface area contributed by atoms with Crippen LogP contribution in [-0.2, 0) is 6.54 Å². The minimum atomic E-state index is -0.185. The van der Waals surface area contributed by atoms with E-state index in [0.29, 0.717) is 24.3 Å². The maximum absolute atomic E-state index is 12.6. The van der Waals surface area contributed by atoms with Gasteiger partial charge in [0.1, 0.15) is 0 Å². The molecule has 2 aromatic carbocycles. The number of nitrogens with zero attached hydrogens (tertiary/aromatic N) is 3. The van der Waals surface area contributed by atoms with Crippen LogP contribution in [0.25, 0.3) is 0 Å². The summed E-state index contributed by atoms with van der Waals surface area (Å²) in [6.07, 6.45) is 0. The van der Waals surface area contributed by atoms with Gasteiger partial charge in [0.05, 0.1) is 10.7 Å².